The number of phenolic OH excluding ortho intramolecular Hbond substituents is 2. The largest absolute Gasteiger partial charge is 0.504 e. The Morgan fingerprint density at radius 2 is 1.84 bits per heavy atom. The van der Waals surface area contributed by atoms with E-state index in [4.69, 9.17) is 9.15 Å². The molecule has 0 saturated carbocycles. The summed E-state index contributed by atoms with van der Waals surface area (Å²) in [6.07, 6.45) is 1.02. The van der Waals surface area contributed by atoms with Crippen molar-refractivity contribution in [1.82, 2.24) is 10.2 Å². The first-order valence-corrected chi connectivity index (χ1v) is 12.7. The normalized spacial score (nSPS) is 14.5. The van der Waals surface area contributed by atoms with Crippen LogP contribution in [-0.2, 0) is 22.5 Å². The molecule has 1 fully saturated rings. The van der Waals surface area contributed by atoms with Gasteiger partial charge in [-0.3, -0.25) is 4.79 Å². The minimum Gasteiger partial charge on any atom is -0.504 e. The van der Waals surface area contributed by atoms with E-state index in [0.717, 1.165) is 24.0 Å². The van der Waals surface area contributed by atoms with E-state index in [2.05, 4.69) is 17.4 Å². The van der Waals surface area contributed by atoms with E-state index in [-0.39, 0.29) is 35.1 Å². The second-order valence-corrected chi connectivity index (χ2v) is 10.7. The summed E-state index contributed by atoms with van der Waals surface area (Å²) in [5.41, 5.74) is 1.59. The third kappa shape index (κ3) is 6.10. The number of rotatable bonds is 5. The number of carbonyl (C=O) groups excluding carboxylic acids is 2. The molecule has 3 N–H and O–H groups in total. The molecule has 2 amide bonds. The zero-order valence-electron chi connectivity index (χ0n) is 22.2. The van der Waals surface area contributed by atoms with E-state index in [1.807, 2.05) is 32.9 Å². The van der Waals surface area contributed by atoms with E-state index in [9.17, 15) is 24.6 Å². The predicted octanol–water partition coefficient (Wildman–Crippen LogP) is 4.49. The van der Waals surface area contributed by atoms with Crippen molar-refractivity contribution in [1.29, 1.82) is 0 Å². The van der Waals surface area contributed by atoms with Gasteiger partial charge in [-0.1, -0.05) is 24.3 Å². The summed E-state index contributed by atoms with van der Waals surface area (Å²) in [5, 5.41) is 23.0. The molecule has 9 nitrogen and oxygen atoms in total. The van der Waals surface area contributed by atoms with Crippen LogP contribution in [0, 0.1) is 6.92 Å². The minimum atomic E-state index is -0.698. The Labute approximate surface area is 221 Å². The molecule has 0 aliphatic carbocycles. The number of phenols is 2. The lowest BCUT2D eigenvalue weighted by molar-refractivity contribution is -0.131. The Hall–Kier alpha value is -4.01. The van der Waals surface area contributed by atoms with Crippen LogP contribution in [0.25, 0.3) is 11.0 Å². The van der Waals surface area contributed by atoms with E-state index >= 15 is 0 Å². The fourth-order valence-electron chi connectivity index (χ4n) is 4.80. The van der Waals surface area contributed by atoms with Crippen molar-refractivity contribution in [2.45, 2.75) is 65.0 Å². The lowest BCUT2D eigenvalue weighted by atomic mass is 9.88. The van der Waals surface area contributed by atoms with Crippen LogP contribution in [0.4, 0.5) is 4.79 Å². The van der Waals surface area contributed by atoms with Gasteiger partial charge in [0.15, 0.2) is 11.3 Å². The first kappa shape index (κ1) is 27.0. The van der Waals surface area contributed by atoms with Crippen molar-refractivity contribution >= 4 is 23.0 Å². The minimum absolute atomic E-state index is 0.0898. The number of piperidine rings is 1. The molecule has 1 aliphatic heterocycles. The summed E-state index contributed by atoms with van der Waals surface area (Å²) in [6.45, 7) is 8.66. The molecular formula is C29H34N2O7. The van der Waals surface area contributed by atoms with Crippen molar-refractivity contribution in [3.63, 3.8) is 0 Å². The van der Waals surface area contributed by atoms with Crippen molar-refractivity contribution < 1.29 is 29.0 Å². The van der Waals surface area contributed by atoms with Gasteiger partial charge >= 0.3 is 11.7 Å². The molecule has 0 radical (unpaired) electrons. The zero-order valence-corrected chi connectivity index (χ0v) is 22.2. The van der Waals surface area contributed by atoms with Gasteiger partial charge in [0.1, 0.15) is 5.60 Å². The molecule has 1 saturated heterocycles. The Balaban J connectivity index is 1.37. The highest BCUT2D eigenvalue weighted by Crippen LogP contribution is 2.35. The number of hydrogen-bond acceptors (Lipinski definition) is 7. The highest BCUT2D eigenvalue weighted by Gasteiger charge is 2.26. The van der Waals surface area contributed by atoms with E-state index in [1.54, 1.807) is 17.9 Å². The van der Waals surface area contributed by atoms with Crippen LogP contribution < -0.4 is 10.9 Å². The Morgan fingerprint density at radius 3 is 2.53 bits per heavy atom. The Kier molecular flexibility index (Phi) is 7.66. The number of carbonyl (C=O) groups is 2. The van der Waals surface area contributed by atoms with Crippen LogP contribution in [0.3, 0.4) is 0 Å². The monoisotopic (exact) mass is 522 g/mol. The second-order valence-electron chi connectivity index (χ2n) is 10.7. The van der Waals surface area contributed by atoms with Gasteiger partial charge in [0.2, 0.25) is 11.7 Å². The molecule has 2 heterocycles. The fourth-order valence-corrected chi connectivity index (χ4v) is 4.80. The number of nitrogens with one attached hydrogen (secondary N) is 1. The molecule has 4 rings (SSSR count). The molecule has 1 aliphatic rings. The van der Waals surface area contributed by atoms with Crippen LogP contribution in [0.5, 0.6) is 11.5 Å². The maximum Gasteiger partial charge on any atom is 0.407 e. The number of likely N-dealkylation sites (tertiary alicyclic amines) is 1. The quantitative estimate of drug-likeness (QED) is 0.333. The highest BCUT2D eigenvalue weighted by atomic mass is 16.6. The topological polar surface area (TPSA) is 129 Å². The Morgan fingerprint density at radius 1 is 1.13 bits per heavy atom. The first-order chi connectivity index (χ1) is 17.9. The summed E-state index contributed by atoms with van der Waals surface area (Å²) in [5.74, 6) is -0.746. The van der Waals surface area contributed by atoms with Gasteiger partial charge in [-0.2, -0.15) is 0 Å². The molecule has 0 unspecified atom stereocenters. The summed E-state index contributed by atoms with van der Waals surface area (Å²) < 4.78 is 10.5. The van der Waals surface area contributed by atoms with Crippen molar-refractivity contribution in [3.8, 4) is 11.5 Å². The van der Waals surface area contributed by atoms with Gasteiger partial charge in [-0.15, -0.1) is 0 Å². The third-order valence-electron chi connectivity index (χ3n) is 6.84. The molecular weight excluding hydrogens is 488 g/mol. The van der Waals surface area contributed by atoms with E-state index in [0.29, 0.717) is 30.6 Å². The van der Waals surface area contributed by atoms with Gasteiger partial charge < -0.3 is 29.6 Å². The maximum absolute atomic E-state index is 13.1. The average molecular weight is 523 g/mol. The molecule has 0 spiro atoms. The molecule has 9 heteroatoms. The van der Waals surface area contributed by atoms with Crippen LogP contribution in [-0.4, -0.2) is 45.8 Å². The van der Waals surface area contributed by atoms with E-state index in [1.165, 1.54) is 6.07 Å². The molecule has 38 heavy (non-hydrogen) atoms. The van der Waals surface area contributed by atoms with Gasteiger partial charge in [0.25, 0.3) is 0 Å². The number of amides is 2. The second kappa shape index (κ2) is 10.8. The summed E-state index contributed by atoms with van der Waals surface area (Å²) in [4.78, 5) is 39.4. The molecule has 2 aromatic carbocycles. The number of benzene rings is 2. The SMILES string of the molecule is Cc1c(CC(=O)N2CCC(c3cccc(CNC(=O)OC(C)(C)C)c3)CC2)c(=O)oc2c(O)c(O)ccc12. The maximum atomic E-state index is 13.1. The summed E-state index contributed by atoms with van der Waals surface area (Å²) in [6, 6.07) is 11.0. The van der Waals surface area contributed by atoms with Crippen LogP contribution in [0.15, 0.2) is 45.6 Å². The molecule has 1 aromatic heterocycles. The summed E-state index contributed by atoms with van der Waals surface area (Å²) in [7, 11) is 0. The van der Waals surface area contributed by atoms with Crippen molar-refractivity contribution in [3.05, 3.63) is 69.1 Å². The molecule has 0 atom stereocenters. The number of alkyl carbamates (subject to hydrolysis) is 1. The summed E-state index contributed by atoms with van der Waals surface area (Å²) >= 11 is 0. The van der Waals surface area contributed by atoms with Gasteiger partial charge in [0, 0.05) is 25.0 Å². The fraction of sp³-hybridized carbons (Fsp3) is 0.414. The van der Waals surface area contributed by atoms with Crippen molar-refractivity contribution in [2.75, 3.05) is 13.1 Å². The third-order valence-corrected chi connectivity index (χ3v) is 6.84. The van der Waals surface area contributed by atoms with Crippen LogP contribution in [0.2, 0.25) is 0 Å². The zero-order chi connectivity index (χ0) is 27.6. The number of ether oxygens (including phenoxy) is 1. The standard InChI is InChI=1S/C29H34N2O7/c1-17-21-8-9-23(32)25(34)26(21)37-27(35)22(17)15-24(33)31-12-10-19(11-13-31)20-7-5-6-18(14-20)16-30-28(36)38-29(2,3)4/h5-9,14,19,32,34H,10-13,15-16H2,1-4H3,(H,30,36). The lowest BCUT2D eigenvalue weighted by Crippen LogP contribution is -2.39. The number of fused-ring (bicyclic) bond motifs is 1. The average Bonchev–Trinajstić information content (AvgIpc) is 2.87. The lowest BCUT2D eigenvalue weighted by Gasteiger charge is -2.32. The van der Waals surface area contributed by atoms with Gasteiger partial charge in [-0.05, 0) is 75.3 Å². The predicted molar refractivity (Wildman–Crippen MR) is 142 cm³/mol. The van der Waals surface area contributed by atoms with Crippen LogP contribution >= 0.6 is 0 Å². The number of aryl methyl sites for hydroxylation is 1. The van der Waals surface area contributed by atoms with Gasteiger partial charge in [-0.25, -0.2) is 9.59 Å². The number of aromatic hydroxyl groups is 2. The molecule has 202 valence electrons. The Bertz CT molecular complexity index is 1410. The number of nitrogens with zero attached hydrogens (tertiary/aromatic N) is 1. The van der Waals surface area contributed by atoms with E-state index < -0.39 is 23.1 Å². The van der Waals surface area contributed by atoms with Crippen molar-refractivity contribution in [2.24, 2.45) is 0 Å². The van der Waals surface area contributed by atoms with Gasteiger partial charge in [0.05, 0.1) is 12.0 Å². The highest BCUT2D eigenvalue weighted by molar-refractivity contribution is 5.89. The van der Waals surface area contributed by atoms with Crippen LogP contribution in [0.1, 0.15) is 61.8 Å². The number of hydrogen-bond donors (Lipinski definition) is 3. The smallest absolute Gasteiger partial charge is 0.407 e. The molecule has 0 bridgehead atoms. The first-order valence-electron chi connectivity index (χ1n) is 12.7. The molecule has 3 aromatic rings.